The molecule has 0 saturated carbocycles. The lowest BCUT2D eigenvalue weighted by Gasteiger charge is -2.35. The number of unbranched alkanes of at least 4 members (excludes halogenated alkanes) is 1. The summed E-state index contributed by atoms with van der Waals surface area (Å²) in [6.45, 7) is 7.56. The number of hydrogen-bond acceptors (Lipinski definition) is 5. The number of allylic oxidation sites excluding steroid dienone is 5. The molecule has 0 aromatic carbocycles. The Morgan fingerprint density at radius 1 is 1.17 bits per heavy atom. The fourth-order valence-corrected chi connectivity index (χ4v) is 4.59. The molecule has 1 fully saturated rings. The molecule has 0 spiro atoms. The van der Waals surface area contributed by atoms with E-state index in [0.29, 0.717) is 17.9 Å². The van der Waals surface area contributed by atoms with Crippen molar-refractivity contribution in [1.82, 2.24) is 4.90 Å². The van der Waals surface area contributed by atoms with Crippen LogP contribution in [0.25, 0.3) is 0 Å². The maximum absolute atomic E-state index is 11.1. The Labute approximate surface area is 183 Å². The van der Waals surface area contributed by atoms with Crippen LogP contribution in [0.4, 0.5) is 0 Å². The first-order valence-electron chi connectivity index (χ1n) is 11.4. The van der Waals surface area contributed by atoms with Crippen LogP contribution in [0, 0.1) is 5.92 Å². The van der Waals surface area contributed by atoms with E-state index < -0.39 is 6.10 Å². The average molecular weight is 420 g/mol. The van der Waals surface area contributed by atoms with E-state index in [1.807, 2.05) is 12.2 Å². The Morgan fingerprint density at radius 2 is 1.90 bits per heavy atom. The number of aliphatic hydroxyl groups is 1. The molecule has 170 valence electrons. The van der Waals surface area contributed by atoms with Crippen molar-refractivity contribution in [2.75, 3.05) is 41.0 Å². The molecule has 0 radical (unpaired) electrons. The molecule has 2 aliphatic rings. The highest BCUT2D eigenvalue weighted by atomic mass is 16.5. The molecule has 0 bridgehead atoms. The number of hydrogen-bond donors (Lipinski definition) is 1. The first kappa shape index (κ1) is 24.5. The van der Waals surface area contributed by atoms with Crippen molar-refractivity contribution in [3.05, 3.63) is 46.7 Å². The smallest absolute Gasteiger partial charge is 0.162 e. The molecular weight excluding hydrogens is 378 g/mol. The van der Waals surface area contributed by atoms with Crippen LogP contribution >= 0.6 is 0 Å². The number of aliphatic hydroxyl groups excluding tert-OH is 1. The lowest BCUT2D eigenvalue weighted by atomic mass is 9.85. The monoisotopic (exact) mass is 419 g/mol. The van der Waals surface area contributed by atoms with Crippen molar-refractivity contribution < 1.29 is 19.3 Å². The largest absolute Gasteiger partial charge is 0.501 e. The van der Waals surface area contributed by atoms with Crippen LogP contribution in [0.1, 0.15) is 58.8 Å². The molecule has 0 aromatic rings. The van der Waals surface area contributed by atoms with Crippen molar-refractivity contribution in [3.8, 4) is 0 Å². The maximum Gasteiger partial charge on any atom is 0.162 e. The van der Waals surface area contributed by atoms with Gasteiger partial charge in [0.15, 0.2) is 11.5 Å². The summed E-state index contributed by atoms with van der Waals surface area (Å²) in [6, 6.07) is 0. The van der Waals surface area contributed by atoms with Gasteiger partial charge >= 0.3 is 0 Å². The average Bonchev–Trinajstić information content (AvgIpc) is 2.99. The summed E-state index contributed by atoms with van der Waals surface area (Å²) in [7, 11) is 5.06. The van der Waals surface area contributed by atoms with E-state index in [-0.39, 0.29) is 5.92 Å². The van der Waals surface area contributed by atoms with E-state index in [0.717, 1.165) is 56.6 Å². The van der Waals surface area contributed by atoms with Crippen LogP contribution in [0.2, 0.25) is 0 Å². The second kappa shape index (κ2) is 12.9. The number of ether oxygens (including phenoxy) is 3. The molecule has 1 aliphatic carbocycles. The number of likely N-dealkylation sites (tertiary alicyclic amines) is 1. The Kier molecular flexibility index (Phi) is 10.5. The van der Waals surface area contributed by atoms with Crippen molar-refractivity contribution in [2.45, 2.75) is 64.9 Å². The predicted octanol–water partition coefficient (Wildman–Crippen LogP) is 4.95. The highest BCUT2D eigenvalue weighted by molar-refractivity contribution is 5.35. The number of nitrogens with zero attached hydrogens (tertiary/aromatic N) is 1. The van der Waals surface area contributed by atoms with Gasteiger partial charge in [0, 0.05) is 12.0 Å². The van der Waals surface area contributed by atoms with Crippen molar-refractivity contribution in [3.63, 3.8) is 0 Å². The molecule has 1 N–H and O–H groups in total. The topological polar surface area (TPSA) is 51.2 Å². The molecule has 1 saturated heterocycles. The summed E-state index contributed by atoms with van der Waals surface area (Å²) in [5, 5.41) is 11.1. The van der Waals surface area contributed by atoms with Gasteiger partial charge in [-0.25, -0.2) is 0 Å². The van der Waals surface area contributed by atoms with Crippen LogP contribution in [0.5, 0.6) is 0 Å². The molecule has 0 aromatic heterocycles. The summed E-state index contributed by atoms with van der Waals surface area (Å²) in [5.41, 5.74) is 2.32. The molecule has 1 aliphatic heterocycles. The second-order valence-corrected chi connectivity index (χ2v) is 8.27. The summed E-state index contributed by atoms with van der Waals surface area (Å²) < 4.78 is 16.5. The van der Waals surface area contributed by atoms with Crippen LogP contribution in [0.3, 0.4) is 0 Å². The minimum atomic E-state index is -0.488. The van der Waals surface area contributed by atoms with E-state index >= 15 is 0 Å². The van der Waals surface area contributed by atoms with Gasteiger partial charge in [-0.1, -0.05) is 19.1 Å². The Bertz CT molecular complexity index is 648. The lowest BCUT2D eigenvalue weighted by molar-refractivity contribution is 0.0755. The third-order valence-electron chi connectivity index (χ3n) is 6.42. The van der Waals surface area contributed by atoms with Gasteiger partial charge in [0.1, 0.15) is 0 Å². The normalized spacial score (nSPS) is 20.4. The third kappa shape index (κ3) is 6.64. The Morgan fingerprint density at radius 3 is 2.50 bits per heavy atom. The minimum Gasteiger partial charge on any atom is -0.501 e. The van der Waals surface area contributed by atoms with E-state index in [4.69, 9.17) is 14.2 Å². The molecular formula is C25H41NO4. The Balaban J connectivity index is 1.82. The quantitative estimate of drug-likeness (QED) is 0.379. The molecule has 30 heavy (non-hydrogen) atoms. The van der Waals surface area contributed by atoms with Gasteiger partial charge in [0.25, 0.3) is 0 Å². The predicted molar refractivity (Wildman–Crippen MR) is 122 cm³/mol. The summed E-state index contributed by atoms with van der Waals surface area (Å²) >= 11 is 0. The zero-order valence-electron chi connectivity index (χ0n) is 19.6. The first-order chi connectivity index (χ1) is 14.5. The minimum absolute atomic E-state index is 0.269. The Hall–Kier alpha value is -1.72. The van der Waals surface area contributed by atoms with Gasteiger partial charge < -0.3 is 24.2 Å². The zero-order valence-corrected chi connectivity index (χ0v) is 19.6. The van der Waals surface area contributed by atoms with Crippen LogP contribution in [-0.4, -0.2) is 57.1 Å². The van der Waals surface area contributed by atoms with Gasteiger partial charge in [-0.05, 0) is 82.6 Å². The van der Waals surface area contributed by atoms with Gasteiger partial charge in [0.05, 0.1) is 33.2 Å². The number of rotatable bonds is 11. The summed E-state index contributed by atoms with van der Waals surface area (Å²) in [6.07, 6.45) is 12.6. The first-order valence-corrected chi connectivity index (χ1v) is 11.4. The van der Waals surface area contributed by atoms with E-state index in [1.54, 1.807) is 21.3 Å². The molecule has 5 heteroatoms. The van der Waals surface area contributed by atoms with E-state index in [1.165, 1.54) is 18.4 Å². The molecule has 1 unspecified atom stereocenters. The van der Waals surface area contributed by atoms with Crippen LogP contribution < -0.4 is 0 Å². The fraction of sp³-hybridized carbons (Fsp3) is 0.680. The van der Waals surface area contributed by atoms with Gasteiger partial charge in [-0.3, -0.25) is 0 Å². The lowest BCUT2D eigenvalue weighted by Crippen LogP contribution is -2.39. The molecule has 5 nitrogen and oxygen atoms in total. The number of piperidine rings is 1. The molecule has 0 amide bonds. The summed E-state index contributed by atoms with van der Waals surface area (Å²) in [5.74, 6) is 2.77. The van der Waals surface area contributed by atoms with E-state index in [2.05, 4.69) is 24.8 Å². The molecule has 1 atom stereocenters. The van der Waals surface area contributed by atoms with Gasteiger partial charge in [0.2, 0.25) is 0 Å². The van der Waals surface area contributed by atoms with Gasteiger partial charge in [-0.2, -0.15) is 0 Å². The molecule has 1 heterocycles. The molecule has 2 rings (SSSR count). The standard InChI is InChI=1S/C25H41NO4/c1-6-22(28-3)19(2)11-9-10-16-26-17-14-20(15-18-26)24(27)21-12-7-8-13-23(29-4)25(21)30-5/h7-8,13,20,24,27H,6,9-12,14-18H2,1-5H3/b22-19-. The van der Waals surface area contributed by atoms with Crippen LogP contribution in [-0.2, 0) is 14.2 Å². The highest BCUT2D eigenvalue weighted by Crippen LogP contribution is 2.32. The maximum atomic E-state index is 11.1. The van der Waals surface area contributed by atoms with E-state index in [9.17, 15) is 5.11 Å². The zero-order chi connectivity index (χ0) is 21.9. The van der Waals surface area contributed by atoms with Crippen molar-refractivity contribution in [2.24, 2.45) is 5.92 Å². The third-order valence-corrected chi connectivity index (χ3v) is 6.42. The number of methoxy groups -OCH3 is 3. The fourth-order valence-electron chi connectivity index (χ4n) is 4.59. The SMILES string of the molecule is CC/C(OC)=C(\C)CCCCN1CCC(C(O)C2=C(OC)C(OC)=CC=CC2)CC1. The van der Waals surface area contributed by atoms with Crippen molar-refractivity contribution in [1.29, 1.82) is 0 Å². The summed E-state index contributed by atoms with van der Waals surface area (Å²) in [4.78, 5) is 2.54. The van der Waals surface area contributed by atoms with Gasteiger partial charge in [-0.15, -0.1) is 0 Å². The highest BCUT2D eigenvalue weighted by Gasteiger charge is 2.30. The van der Waals surface area contributed by atoms with Crippen LogP contribution in [0.15, 0.2) is 46.7 Å². The second-order valence-electron chi connectivity index (χ2n) is 8.27. The van der Waals surface area contributed by atoms with Crippen molar-refractivity contribution >= 4 is 0 Å².